The second-order valence-corrected chi connectivity index (χ2v) is 5.30. The summed E-state index contributed by atoms with van der Waals surface area (Å²) in [6, 6.07) is 2.86. The zero-order valence-corrected chi connectivity index (χ0v) is 12.0. The molecule has 0 amide bonds. The topological polar surface area (TPSA) is 54.7 Å². The Hall–Kier alpha value is -1.33. The van der Waals surface area contributed by atoms with Crippen molar-refractivity contribution in [2.45, 2.75) is 39.4 Å². The molecule has 5 nitrogen and oxygen atoms in total. The van der Waals surface area contributed by atoms with Crippen molar-refractivity contribution in [2.24, 2.45) is 0 Å². The molecule has 1 saturated heterocycles. The number of piperazine rings is 1. The Morgan fingerprint density at radius 2 is 2.32 bits per heavy atom. The Kier molecular flexibility index (Phi) is 4.27. The van der Waals surface area contributed by atoms with Crippen molar-refractivity contribution in [1.82, 2.24) is 10.2 Å². The third-order valence-electron chi connectivity index (χ3n) is 3.59. The van der Waals surface area contributed by atoms with E-state index in [-0.39, 0.29) is 0 Å². The van der Waals surface area contributed by atoms with E-state index in [4.69, 9.17) is 9.15 Å². The van der Waals surface area contributed by atoms with Crippen LogP contribution in [0, 0.1) is 6.92 Å². The maximum atomic E-state index is 11.5. The fourth-order valence-electron chi connectivity index (χ4n) is 2.44. The van der Waals surface area contributed by atoms with Crippen molar-refractivity contribution in [3.63, 3.8) is 0 Å². The lowest BCUT2D eigenvalue weighted by Gasteiger charge is -2.36. The summed E-state index contributed by atoms with van der Waals surface area (Å²) in [5.41, 5.74) is 0.831. The van der Waals surface area contributed by atoms with Gasteiger partial charge < -0.3 is 14.5 Å². The van der Waals surface area contributed by atoms with E-state index in [0.717, 1.165) is 31.0 Å². The first kappa shape index (κ1) is 14.1. The molecule has 1 fully saturated rings. The van der Waals surface area contributed by atoms with Crippen LogP contribution in [0.25, 0.3) is 0 Å². The smallest absolute Gasteiger partial charge is 0.374 e. The number of methoxy groups -OCH3 is 1. The average Bonchev–Trinajstić information content (AvgIpc) is 2.74. The Balaban J connectivity index is 2.08. The molecule has 0 bridgehead atoms. The molecule has 0 radical (unpaired) electrons. The lowest BCUT2D eigenvalue weighted by atomic mass is 10.1. The fraction of sp³-hybridized carbons (Fsp3) is 0.643. The van der Waals surface area contributed by atoms with Crippen LogP contribution in [-0.4, -0.2) is 43.2 Å². The quantitative estimate of drug-likeness (QED) is 0.841. The van der Waals surface area contributed by atoms with E-state index in [1.807, 2.05) is 13.0 Å². The maximum Gasteiger partial charge on any atom is 0.374 e. The number of hydrogen-bond acceptors (Lipinski definition) is 5. The molecule has 0 aliphatic carbocycles. The van der Waals surface area contributed by atoms with E-state index in [1.165, 1.54) is 7.11 Å². The summed E-state index contributed by atoms with van der Waals surface area (Å²) in [6.07, 6.45) is 0. The minimum atomic E-state index is -0.412. The molecule has 5 heteroatoms. The third-order valence-corrected chi connectivity index (χ3v) is 3.59. The molecule has 0 saturated carbocycles. The third kappa shape index (κ3) is 3.16. The molecule has 2 unspecified atom stereocenters. The highest BCUT2D eigenvalue weighted by atomic mass is 16.5. The molecular weight excluding hydrogens is 244 g/mol. The van der Waals surface area contributed by atoms with Gasteiger partial charge >= 0.3 is 5.97 Å². The normalized spacial score (nSPS) is 24.4. The summed E-state index contributed by atoms with van der Waals surface area (Å²) in [5.74, 6) is 0.720. The summed E-state index contributed by atoms with van der Waals surface area (Å²) in [6.45, 7) is 8.91. The second-order valence-electron chi connectivity index (χ2n) is 5.30. The second kappa shape index (κ2) is 5.75. The number of carbonyl (C=O) groups excluding carboxylic acids is 1. The molecule has 106 valence electrons. The largest absolute Gasteiger partial charge is 0.463 e. The minimum absolute atomic E-state index is 0.313. The van der Waals surface area contributed by atoms with Gasteiger partial charge in [0.25, 0.3) is 0 Å². The number of nitrogens with zero attached hydrogens (tertiary/aromatic N) is 1. The van der Waals surface area contributed by atoms with Gasteiger partial charge in [0, 0.05) is 30.7 Å². The molecule has 2 heterocycles. The highest BCUT2D eigenvalue weighted by Crippen LogP contribution is 2.19. The highest BCUT2D eigenvalue weighted by molar-refractivity contribution is 5.87. The van der Waals surface area contributed by atoms with Crippen LogP contribution < -0.4 is 5.32 Å². The van der Waals surface area contributed by atoms with Gasteiger partial charge in [-0.05, 0) is 26.8 Å². The van der Waals surface area contributed by atoms with Crippen LogP contribution in [-0.2, 0) is 11.3 Å². The first-order valence-electron chi connectivity index (χ1n) is 6.66. The van der Waals surface area contributed by atoms with Crippen molar-refractivity contribution < 1.29 is 13.9 Å². The van der Waals surface area contributed by atoms with Gasteiger partial charge in [0.2, 0.25) is 5.76 Å². The Morgan fingerprint density at radius 3 is 3.00 bits per heavy atom. The van der Waals surface area contributed by atoms with E-state index >= 15 is 0 Å². The number of ether oxygens (including phenoxy) is 1. The zero-order chi connectivity index (χ0) is 14.0. The Labute approximate surface area is 113 Å². The van der Waals surface area contributed by atoms with Crippen molar-refractivity contribution in [2.75, 3.05) is 20.2 Å². The van der Waals surface area contributed by atoms with Gasteiger partial charge in [-0.1, -0.05) is 0 Å². The van der Waals surface area contributed by atoms with Gasteiger partial charge in [-0.2, -0.15) is 0 Å². The summed E-state index contributed by atoms with van der Waals surface area (Å²) in [7, 11) is 1.37. The number of esters is 1. The van der Waals surface area contributed by atoms with Crippen LogP contribution in [0.2, 0.25) is 0 Å². The number of carbonyl (C=O) groups is 1. The van der Waals surface area contributed by atoms with Crippen molar-refractivity contribution in [1.29, 1.82) is 0 Å². The monoisotopic (exact) mass is 266 g/mol. The van der Waals surface area contributed by atoms with Gasteiger partial charge in [0.15, 0.2) is 0 Å². The van der Waals surface area contributed by atoms with E-state index in [2.05, 4.69) is 24.1 Å². The standard InChI is InChI=1S/C14H22N2O3/c1-9-5-12(19-13(9)14(17)18-4)8-16-7-10(2)15-6-11(16)3/h5,10-11,15H,6-8H2,1-4H3. The van der Waals surface area contributed by atoms with Crippen LogP contribution in [0.15, 0.2) is 10.5 Å². The Morgan fingerprint density at radius 1 is 1.58 bits per heavy atom. The first-order valence-corrected chi connectivity index (χ1v) is 6.66. The number of nitrogens with one attached hydrogen (secondary N) is 1. The molecule has 1 aliphatic heterocycles. The highest BCUT2D eigenvalue weighted by Gasteiger charge is 2.24. The van der Waals surface area contributed by atoms with Gasteiger partial charge in [-0.25, -0.2) is 4.79 Å². The fourth-order valence-corrected chi connectivity index (χ4v) is 2.44. The summed E-state index contributed by atoms with van der Waals surface area (Å²) < 4.78 is 10.3. The van der Waals surface area contributed by atoms with E-state index in [0.29, 0.717) is 17.8 Å². The molecule has 2 rings (SSSR count). The van der Waals surface area contributed by atoms with E-state index in [1.54, 1.807) is 0 Å². The molecule has 2 atom stereocenters. The summed E-state index contributed by atoms with van der Waals surface area (Å²) in [5, 5.41) is 3.45. The molecule has 19 heavy (non-hydrogen) atoms. The van der Waals surface area contributed by atoms with E-state index in [9.17, 15) is 4.79 Å². The van der Waals surface area contributed by atoms with Crippen molar-refractivity contribution >= 4 is 5.97 Å². The first-order chi connectivity index (χ1) is 9.01. The molecule has 1 aliphatic rings. The van der Waals surface area contributed by atoms with Gasteiger partial charge in [0.05, 0.1) is 13.7 Å². The number of furan rings is 1. The molecule has 1 N–H and O–H groups in total. The predicted molar refractivity (Wildman–Crippen MR) is 72.1 cm³/mol. The number of rotatable bonds is 3. The predicted octanol–water partition coefficient (Wildman–Crippen LogP) is 1.56. The lowest BCUT2D eigenvalue weighted by molar-refractivity contribution is 0.0557. The molecule has 1 aromatic heterocycles. The Bertz CT molecular complexity index is 456. The minimum Gasteiger partial charge on any atom is -0.463 e. The maximum absolute atomic E-state index is 11.5. The van der Waals surface area contributed by atoms with Gasteiger partial charge in [-0.15, -0.1) is 0 Å². The van der Waals surface area contributed by atoms with Crippen molar-refractivity contribution in [3.05, 3.63) is 23.2 Å². The molecule has 0 aromatic carbocycles. The van der Waals surface area contributed by atoms with Gasteiger partial charge in [0.1, 0.15) is 5.76 Å². The van der Waals surface area contributed by atoms with Crippen LogP contribution in [0.5, 0.6) is 0 Å². The van der Waals surface area contributed by atoms with Crippen LogP contribution in [0.1, 0.15) is 35.7 Å². The van der Waals surface area contributed by atoms with E-state index < -0.39 is 5.97 Å². The molecular formula is C14H22N2O3. The summed E-state index contributed by atoms with van der Waals surface area (Å²) >= 11 is 0. The average molecular weight is 266 g/mol. The SMILES string of the molecule is COC(=O)c1oc(CN2CC(C)NCC2C)cc1C. The van der Waals surface area contributed by atoms with Crippen LogP contribution in [0.4, 0.5) is 0 Å². The molecule has 1 aromatic rings. The lowest BCUT2D eigenvalue weighted by Crippen LogP contribution is -2.53. The molecule has 0 spiro atoms. The van der Waals surface area contributed by atoms with Crippen molar-refractivity contribution in [3.8, 4) is 0 Å². The van der Waals surface area contributed by atoms with Crippen LogP contribution in [0.3, 0.4) is 0 Å². The number of aryl methyl sites for hydroxylation is 1. The van der Waals surface area contributed by atoms with Crippen LogP contribution >= 0.6 is 0 Å². The zero-order valence-electron chi connectivity index (χ0n) is 12.0. The van der Waals surface area contributed by atoms with Gasteiger partial charge in [-0.3, -0.25) is 4.90 Å². The number of hydrogen-bond donors (Lipinski definition) is 1. The summed E-state index contributed by atoms with van der Waals surface area (Å²) in [4.78, 5) is 13.9.